The Labute approximate surface area is 177 Å². The Kier molecular flexibility index (Phi) is 8.50. The summed E-state index contributed by atoms with van der Waals surface area (Å²) < 4.78 is 0. The van der Waals surface area contributed by atoms with E-state index in [0.717, 1.165) is 4.88 Å². The first-order chi connectivity index (χ1) is 13.4. The molecule has 1 aromatic heterocycles. The van der Waals surface area contributed by atoms with Gasteiger partial charge in [0, 0.05) is 16.4 Å². The van der Waals surface area contributed by atoms with Crippen LogP contribution < -0.4 is 10.6 Å². The van der Waals surface area contributed by atoms with E-state index in [0.29, 0.717) is 18.1 Å². The van der Waals surface area contributed by atoms with Crippen LogP contribution in [0.15, 0.2) is 48.4 Å². The first-order valence-electron chi connectivity index (χ1n) is 8.31. The molecule has 2 rings (SSSR count). The SMILES string of the molecule is C=CCN(Cc1cccs1)C(=O)CNC(=O)CNC(=O)c1ccc(Cl)cc1Cl. The maximum absolute atomic E-state index is 12.4. The fourth-order valence-electron chi connectivity index (χ4n) is 2.28. The molecule has 0 aliphatic carbocycles. The van der Waals surface area contributed by atoms with Crippen LogP contribution in [0.2, 0.25) is 10.0 Å². The van der Waals surface area contributed by atoms with E-state index in [1.54, 1.807) is 22.3 Å². The summed E-state index contributed by atoms with van der Waals surface area (Å²) in [5.74, 6) is -1.23. The Hall–Kier alpha value is -2.35. The van der Waals surface area contributed by atoms with Crippen LogP contribution in [0.25, 0.3) is 0 Å². The van der Waals surface area contributed by atoms with Gasteiger partial charge in [0.2, 0.25) is 11.8 Å². The number of carbonyl (C=O) groups is 3. The number of benzene rings is 1. The fraction of sp³-hybridized carbons (Fsp3) is 0.211. The molecule has 0 spiro atoms. The van der Waals surface area contributed by atoms with E-state index in [1.807, 2.05) is 17.5 Å². The lowest BCUT2D eigenvalue weighted by atomic mass is 10.2. The van der Waals surface area contributed by atoms with Crippen molar-refractivity contribution in [1.82, 2.24) is 15.5 Å². The molecular formula is C19H19Cl2N3O3S. The van der Waals surface area contributed by atoms with Crippen LogP contribution in [0.3, 0.4) is 0 Å². The van der Waals surface area contributed by atoms with Crippen LogP contribution in [0.5, 0.6) is 0 Å². The first-order valence-corrected chi connectivity index (χ1v) is 9.95. The van der Waals surface area contributed by atoms with Crippen molar-refractivity contribution in [3.05, 3.63) is 68.9 Å². The van der Waals surface area contributed by atoms with Gasteiger partial charge in [-0.15, -0.1) is 17.9 Å². The van der Waals surface area contributed by atoms with Gasteiger partial charge in [0.15, 0.2) is 0 Å². The first kappa shape index (κ1) is 21.9. The molecule has 2 aromatic rings. The monoisotopic (exact) mass is 439 g/mol. The highest BCUT2D eigenvalue weighted by Crippen LogP contribution is 2.20. The van der Waals surface area contributed by atoms with E-state index in [-0.39, 0.29) is 29.6 Å². The van der Waals surface area contributed by atoms with Gasteiger partial charge in [-0.3, -0.25) is 14.4 Å². The summed E-state index contributed by atoms with van der Waals surface area (Å²) in [5, 5.41) is 7.49. The van der Waals surface area contributed by atoms with Crippen molar-refractivity contribution in [2.24, 2.45) is 0 Å². The molecule has 9 heteroatoms. The molecule has 28 heavy (non-hydrogen) atoms. The van der Waals surface area contributed by atoms with E-state index in [2.05, 4.69) is 17.2 Å². The molecule has 0 saturated heterocycles. The third kappa shape index (κ3) is 6.67. The molecule has 6 nitrogen and oxygen atoms in total. The van der Waals surface area contributed by atoms with Crippen LogP contribution in [-0.2, 0) is 16.1 Å². The van der Waals surface area contributed by atoms with E-state index >= 15 is 0 Å². The Balaban J connectivity index is 1.80. The number of hydrogen-bond acceptors (Lipinski definition) is 4. The van der Waals surface area contributed by atoms with Crippen molar-refractivity contribution in [1.29, 1.82) is 0 Å². The van der Waals surface area contributed by atoms with Crippen LogP contribution in [0.4, 0.5) is 0 Å². The summed E-state index contributed by atoms with van der Waals surface area (Å²) in [6.45, 7) is 4.02. The third-order valence-corrected chi connectivity index (χ3v) is 5.06. The Morgan fingerprint density at radius 3 is 2.57 bits per heavy atom. The Bertz CT molecular complexity index is 856. The van der Waals surface area contributed by atoms with Gasteiger partial charge in [-0.1, -0.05) is 35.3 Å². The predicted octanol–water partition coefficient (Wildman–Crippen LogP) is 3.12. The number of rotatable bonds is 9. The summed E-state index contributed by atoms with van der Waals surface area (Å²) in [7, 11) is 0. The van der Waals surface area contributed by atoms with Crippen molar-refractivity contribution in [3.8, 4) is 0 Å². The zero-order valence-corrected chi connectivity index (χ0v) is 17.2. The van der Waals surface area contributed by atoms with E-state index in [9.17, 15) is 14.4 Å². The lowest BCUT2D eigenvalue weighted by Gasteiger charge is -2.20. The van der Waals surface area contributed by atoms with Gasteiger partial charge in [0.05, 0.1) is 30.2 Å². The summed E-state index contributed by atoms with van der Waals surface area (Å²) in [6, 6.07) is 8.29. The second-order valence-corrected chi connectivity index (χ2v) is 7.60. The van der Waals surface area contributed by atoms with Crippen LogP contribution in [-0.4, -0.2) is 42.3 Å². The van der Waals surface area contributed by atoms with Gasteiger partial charge in [-0.05, 0) is 29.6 Å². The molecule has 3 amide bonds. The van der Waals surface area contributed by atoms with Crippen LogP contribution in [0, 0.1) is 0 Å². The normalized spacial score (nSPS) is 10.2. The maximum Gasteiger partial charge on any atom is 0.253 e. The molecule has 148 valence electrons. The minimum atomic E-state index is -0.505. The lowest BCUT2D eigenvalue weighted by molar-refractivity contribution is -0.132. The average molecular weight is 440 g/mol. The molecule has 0 fully saturated rings. The highest BCUT2D eigenvalue weighted by Gasteiger charge is 2.16. The zero-order valence-electron chi connectivity index (χ0n) is 14.9. The molecule has 1 heterocycles. The number of amides is 3. The maximum atomic E-state index is 12.4. The number of nitrogens with one attached hydrogen (secondary N) is 2. The summed E-state index contributed by atoms with van der Waals surface area (Å²) in [4.78, 5) is 39.0. The topological polar surface area (TPSA) is 78.5 Å². The van der Waals surface area contributed by atoms with Gasteiger partial charge in [-0.25, -0.2) is 0 Å². The molecule has 0 atom stereocenters. The largest absolute Gasteiger partial charge is 0.345 e. The van der Waals surface area contributed by atoms with E-state index in [4.69, 9.17) is 23.2 Å². The molecule has 0 saturated carbocycles. The second-order valence-electron chi connectivity index (χ2n) is 5.73. The second kappa shape index (κ2) is 10.8. The van der Waals surface area contributed by atoms with Crippen LogP contribution in [0.1, 0.15) is 15.2 Å². The van der Waals surface area contributed by atoms with Gasteiger partial charge in [-0.2, -0.15) is 0 Å². The van der Waals surface area contributed by atoms with E-state index < -0.39 is 11.8 Å². The number of carbonyl (C=O) groups excluding carboxylic acids is 3. The molecule has 0 radical (unpaired) electrons. The predicted molar refractivity (Wildman–Crippen MR) is 112 cm³/mol. The standard InChI is InChI=1S/C19H19Cl2N3O3S/c1-2-7-24(12-14-4-3-8-28-14)18(26)11-22-17(25)10-23-19(27)15-6-5-13(20)9-16(15)21/h2-6,8-9H,1,7,10-12H2,(H,22,25)(H,23,27). The van der Waals surface area contributed by atoms with Crippen molar-refractivity contribution in [2.75, 3.05) is 19.6 Å². The average Bonchev–Trinajstić information content (AvgIpc) is 3.17. The summed E-state index contributed by atoms with van der Waals surface area (Å²) in [5.41, 5.74) is 0.211. The summed E-state index contributed by atoms with van der Waals surface area (Å²) in [6.07, 6.45) is 1.63. The van der Waals surface area contributed by atoms with Gasteiger partial charge < -0.3 is 15.5 Å². The highest BCUT2D eigenvalue weighted by molar-refractivity contribution is 7.09. The minimum absolute atomic E-state index is 0.171. The number of halogens is 2. The zero-order chi connectivity index (χ0) is 20.5. The molecule has 1 aromatic carbocycles. The number of nitrogens with zero attached hydrogens (tertiary/aromatic N) is 1. The Morgan fingerprint density at radius 2 is 1.93 bits per heavy atom. The van der Waals surface area contributed by atoms with E-state index in [1.165, 1.54) is 18.2 Å². The third-order valence-electron chi connectivity index (χ3n) is 3.65. The highest BCUT2D eigenvalue weighted by atomic mass is 35.5. The molecular weight excluding hydrogens is 421 g/mol. The summed E-state index contributed by atoms with van der Waals surface area (Å²) >= 11 is 13.3. The van der Waals surface area contributed by atoms with Crippen molar-refractivity contribution in [2.45, 2.75) is 6.54 Å². The Morgan fingerprint density at radius 1 is 1.14 bits per heavy atom. The minimum Gasteiger partial charge on any atom is -0.345 e. The lowest BCUT2D eigenvalue weighted by Crippen LogP contribution is -2.43. The molecule has 0 bridgehead atoms. The molecule has 0 unspecified atom stereocenters. The van der Waals surface area contributed by atoms with Crippen LogP contribution >= 0.6 is 34.5 Å². The molecule has 2 N–H and O–H groups in total. The van der Waals surface area contributed by atoms with Gasteiger partial charge in [0.25, 0.3) is 5.91 Å². The quantitative estimate of drug-likeness (QED) is 0.589. The molecule has 0 aliphatic heterocycles. The van der Waals surface area contributed by atoms with Gasteiger partial charge >= 0.3 is 0 Å². The van der Waals surface area contributed by atoms with Gasteiger partial charge in [0.1, 0.15) is 0 Å². The van der Waals surface area contributed by atoms with Crippen molar-refractivity contribution >= 4 is 52.3 Å². The molecule has 0 aliphatic rings. The van der Waals surface area contributed by atoms with Crippen molar-refractivity contribution < 1.29 is 14.4 Å². The smallest absolute Gasteiger partial charge is 0.253 e. The number of thiophene rings is 1. The number of hydrogen-bond donors (Lipinski definition) is 2. The van der Waals surface area contributed by atoms with Crippen molar-refractivity contribution in [3.63, 3.8) is 0 Å². The fourth-order valence-corrected chi connectivity index (χ4v) is 3.49.